The molecule has 0 spiro atoms. The zero-order chi connectivity index (χ0) is 8.72. The van der Waals surface area contributed by atoms with E-state index in [0.29, 0.717) is 6.54 Å². The van der Waals surface area contributed by atoms with Crippen LogP contribution in [0.5, 0.6) is 0 Å². The number of nitrogens with zero attached hydrogens (tertiary/aromatic N) is 1. The molecule has 5 heteroatoms. The molecular weight excluding hydrogens is 177 g/mol. The van der Waals surface area contributed by atoms with Gasteiger partial charge < -0.3 is 15.3 Å². The Hall–Kier alpha value is -0.230. The molecule has 0 saturated carbocycles. The quantitative estimate of drug-likeness (QED) is 0.447. The number of aliphatic hydroxyl groups is 3. The van der Waals surface area contributed by atoms with E-state index in [0.717, 1.165) is 19.4 Å². The number of rotatable bonds is 0. The normalized spacial score (nSPS) is 45.5. The van der Waals surface area contributed by atoms with E-state index < -0.39 is 18.3 Å². The van der Waals surface area contributed by atoms with Crippen molar-refractivity contribution in [3.05, 3.63) is 0 Å². The maximum atomic E-state index is 9.55. The Balaban J connectivity index is 0.000000845. The van der Waals surface area contributed by atoms with Crippen molar-refractivity contribution in [3.63, 3.8) is 0 Å². The summed E-state index contributed by atoms with van der Waals surface area (Å²) in [6.07, 6.45) is -0.212. The van der Waals surface area contributed by atoms with Gasteiger partial charge in [-0.15, -0.1) is 0 Å². The predicted molar refractivity (Wildman–Crippen MR) is 45.1 cm³/mol. The summed E-state index contributed by atoms with van der Waals surface area (Å²) in [6.45, 7) is 1.39. The van der Waals surface area contributed by atoms with Crippen LogP contribution in [-0.4, -0.2) is 57.7 Å². The number of fused-ring (bicyclic) bond motifs is 1. The number of aliphatic hydroxyl groups excluding tert-OH is 3. The Morgan fingerprint density at radius 3 is 2.38 bits per heavy atom. The van der Waals surface area contributed by atoms with Gasteiger partial charge in [-0.2, -0.15) is 0 Å². The van der Waals surface area contributed by atoms with E-state index in [1.807, 2.05) is 4.90 Å². The van der Waals surface area contributed by atoms with Gasteiger partial charge in [0.05, 0.1) is 24.4 Å². The predicted octanol–water partition coefficient (Wildman–Crippen LogP) is -1.30. The van der Waals surface area contributed by atoms with Crippen molar-refractivity contribution in [2.24, 2.45) is 0 Å². The summed E-state index contributed by atoms with van der Waals surface area (Å²) in [5.41, 5.74) is 0. The molecule has 2 saturated heterocycles. The highest BCUT2D eigenvalue weighted by Gasteiger charge is 2.45. The van der Waals surface area contributed by atoms with Crippen molar-refractivity contribution in [1.29, 1.82) is 0 Å². The van der Waals surface area contributed by atoms with Crippen LogP contribution in [0.15, 0.2) is 0 Å². The van der Waals surface area contributed by atoms with Gasteiger partial charge >= 0.3 is 0 Å². The van der Waals surface area contributed by atoms with Gasteiger partial charge in [0, 0.05) is 6.54 Å². The van der Waals surface area contributed by atoms with E-state index in [1.165, 1.54) is 0 Å². The van der Waals surface area contributed by atoms with Crippen LogP contribution in [-0.2, 0) is 0 Å². The molecule has 78 valence electrons. The monoisotopic (exact) mass is 193 g/mol. The van der Waals surface area contributed by atoms with Crippen LogP contribution in [0.2, 0.25) is 0 Å². The Labute approximate surface area is 76.2 Å². The lowest BCUT2D eigenvalue weighted by atomic mass is 9.97. The first-order valence-electron chi connectivity index (χ1n) is 4.48. The fraction of sp³-hybridized carbons (Fsp3) is 1.00. The number of piperidine rings is 1. The van der Waals surface area contributed by atoms with E-state index >= 15 is 0 Å². The van der Waals surface area contributed by atoms with Crippen molar-refractivity contribution in [3.8, 4) is 0 Å². The molecule has 2 aliphatic rings. The number of halogens is 1. The Morgan fingerprint density at radius 1 is 1.08 bits per heavy atom. The molecule has 2 rings (SSSR count). The third-order valence-electron chi connectivity index (χ3n) is 2.93. The summed E-state index contributed by atoms with van der Waals surface area (Å²) in [4.78, 5) is 1.98. The van der Waals surface area contributed by atoms with Gasteiger partial charge in [-0.25, -0.2) is 0 Å². The van der Waals surface area contributed by atoms with E-state index in [-0.39, 0.29) is 10.7 Å². The average Bonchev–Trinajstić information content (AvgIpc) is 2.29. The molecule has 0 aromatic heterocycles. The van der Waals surface area contributed by atoms with Crippen LogP contribution in [0, 0.1) is 0 Å². The van der Waals surface area contributed by atoms with Crippen molar-refractivity contribution in [2.75, 3.05) is 13.1 Å². The SMILES string of the molecule is F.O[C@@H]1[C@H]2[C@H](O)CCCN2C[C@@H]1O. The highest BCUT2D eigenvalue weighted by Crippen LogP contribution is 2.27. The first-order valence-corrected chi connectivity index (χ1v) is 4.48. The van der Waals surface area contributed by atoms with Crippen LogP contribution < -0.4 is 0 Å². The summed E-state index contributed by atoms with van der Waals surface area (Å²) in [7, 11) is 0. The maximum Gasteiger partial charge on any atom is 0.0991 e. The first kappa shape index (κ1) is 10.8. The van der Waals surface area contributed by atoms with Gasteiger partial charge in [-0.05, 0) is 19.4 Å². The lowest BCUT2D eigenvalue weighted by Gasteiger charge is -2.34. The second-order valence-corrected chi connectivity index (χ2v) is 3.75. The molecule has 0 unspecified atom stereocenters. The smallest absolute Gasteiger partial charge is 0.0991 e. The third-order valence-corrected chi connectivity index (χ3v) is 2.93. The number of hydrogen-bond donors (Lipinski definition) is 3. The lowest BCUT2D eigenvalue weighted by Crippen LogP contribution is -2.48. The minimum Gasteiger partial charge on any atom is -0.391 e. The molecule has 2 heterocycles. The van der Waals surface area contributed by atoms with Crippen LogP contribution in [0.1, 0.15) is 12.8 Å². The molecule has 2 fully saturated rings. The molecule has 3 N–H and O–H groups in total. The fourth-order valence-electron chi connectivity index (χ4n) is 2.30. The van der Waals surface area contributed by atoms with Crippen molar-refractivity contribution in [2.45, 2.75) is 37.2 Å². The minimum atomic E-state index is -0.764. The van der Waals surface area contributed by atoms with Gasteiger partial charge in [0.15, 0.2) is 0 Å². The Morgan fingerprint density at radius 2 is 1.77 bits per heavy atom. The summed E-state index contributed by atoms with van der Waals surface area (Å²) in [6, 6.07) is -0.228. The molecule has 0 bridgehead atoms. The summed E-state index contributed by atoms with van der Waals surface area (Å²) >= 11 is 0. The molecule has 2 aliphatic heterocycles. The third kappa shape index (κ3) is 1.69. The second-order valence-electron chi connectivity index (χ2n) is 3.75. The summed E-state index contributed by atoms with van der Waals surface area (Å²) < 4.78 is 0. The maximum absolute atomic E-state index is 9.55. The van der Waals surface area contributed by atoms with Gasteiger partial charge in [-0.1, -0.05) is 0 Å². The molecule has 0 radical (unpaired) electrons. The lowest BCUT2D eigenvalue weighted by molar-refractivity contribution is -0.0282. The Bertz CT molecular complexity index is 181. The summed E-state index contributed by atoms with van der Waals surface area (Å²) in [5, 5.41) is 28.4. The van der Waals surface area contributed by atoms with E-state index in [4.69, 9.17) is 0 Å². The van der Waals surface area contributed by atoms with Gasteiger partial charge in [-0.3, -0.25) is 9.60 Å². The Kier molecular flexibility index (Phi) is 3.23. The largest absolute Gasteiger partial charge is 0.391 e. The van der Waals surface area contributed by atoms with E-state index in [1.54, 1.807) is 0 Å². The second kappa shape index (κ2) is 3.88. The molecule has 13 heavy (non-hydrogen) atoms. The minimum absolute atomic E-state index is 0. The zero-order valence-electron chi connectivity index (χ0n) is 7.33. The van der Waals surface area contributed by atoms with Gasteiger partial charge in [0.25, 0.3) is 0 Å². The van der Waals surface area contributed by atoms with Crippen molar-refractivity contribution >= 4 is 0 Å². The van der Waals surface area contributed by atoms with Crippen molar-refractivity contribution < 1.29 is 20.0 Å². The first-order chi connectivity index (χ1) is 5.70. The molecule has 0 amide bonds. The van der Waals surface area contributed by atoms with Crippen LogP contribution >= 0.6 is 0 Å². The van der Waals surface area contributed by atoms with Crippen LogP contribution in [0.25, 0.3) is 0 Å². The highest BCUT2D eigenvalue weighted by molar-refractivity contribution is 4.99. The van der Waals surface area contributed by atoms with Gasteiger partial charge in [0.2, 0.25) is 0 Å². The molecule has 0 aromatic carbocycles. The molecule has 4 nitrogen and oxygen atoms in total. The zero-order valence-corrected chi connectivity index (χ0v) is 7.33. The van der Waals surface area contributed by atoms with Crippen LogP contribution in [0.3, 0.4) is 0 Å². The van der Waals surface area contributed by atoms with Gasteiger partial charge in [0.1, 0.15) is 0 Å². The molecule has 0 aliphatic carbocycles. The molecule has 4 atom stereocenters. The summed E-state index contributed by atoms with van der Waals surface area (Å²) in [5.74, 6) is 0. The fourth-order valence-corrected chi connectivity index (χ4v) is 2.30. The van der Waals surface area contributed by atoms with E-state index in [9.17, 15) is 15.3 Å². The number of hydrogen-bond acceptors (Lipinski definition) is 4. The van der Waals surface area contributed by atoms with E-state index in [2.05, 4.69) is 0 Å². The average molecular weight is 193 g/mol. The highest BCUT2D eigenvalue weighted by atomic mass is 19.0. The molecule has 0 aromatic rings. The van der Waals surface area contributed by atoms with Crippen LogP contribution in [0.4, 0.5) is 4.70 Å². The van der Waals surface area contributed by atoms with Crippen molar-refractivity contribution in [1.82, 2.24) is 4.90 Å². The molecular formula is C8H16FNO3. The topological polar surface area (TPSA) is 63.9 Å². The standard InChI is InChI=1S/C8H15NO3.FH/c10-5-2-1-3-9-4-6(11)8(12)7(5)9;/h5-8,10-12H,1-4H2;1H/t5-,6+,7-,8+;/m1./s1.